The molecular weight excluding hydrogens is 328 g/mol. The summed E-state index contributed by atoms with van der Waals surface area (Å²) >= 11 is 0. The molecule has 1 unspecified atom stereocenters. The van der Waals surface area contributed by atoms with Crippen molar-refractivity contribution >= 4 is 5.91 Å². The molecule has 3 heterocycles. The number of ether oxygens (including phenoxy) is 4. The fourth-order valence-corrected chi connectivity index (χ4v) is 2.65. The van der Waals surface area contributed by atoms with E-state index in [0.717, 1.165) is 13.0 Å². The van der Waals surface area contributed by atoms with Gasteiger partial charge in [0, 0.05) is 25.1 Å². The van der Waals surface area contributed by atoms with Crippen LogP contribution in [0, 0.1) is 5.92 Å². The molecule has 2 aliphatic rings. The highest BCUT2D eigenvalue weighted by Crippen LogP contribution is 2.34. The second-order valence-electron chi connectivity index (χ2n) is 5.90. The van der Waals surface area contributed by atoms with Gasteiger partial charge in [-0.3, -0.25) is 4.79 Å². The third-order valence-corrected chi connectivity index (χ3v) is 4.02. The summed E-state index contributed by atoms with van der Waals surface area (Å²) in [4.78, 5) is 12.1. The van der Waals surface area contributed by atoms with Crippen molar-refractivity contribution in [1.82, 2.24) is 10.5 Å². The Morgan fingerprint density at radius 2 is 2.08 bits per heavy atom. The Bertz CT molecular complexity index is 715. The maximum atomic E-state index is 12.1. The van der Waals surface area contributed by atoms with Crippen molar-refractivity contribution in [3.05, 3.63) is 41.8 Å². The van der Waals surface area contributed by atoms with Crippen LogP contribution >= 0.6 is 0 Å². The number of amides is 1. The SMILES string of the molecule is O=C(NCC1CCOC1)c1cc(COC2Oc3ccccc3O2)on1. The number of hydrogen-bond acceptors (Lipinski definition) is 7. The van der Waals surface area contributed by atoms with Gasteiger partial charge in [0.2, 0.25) is 0 Å². The quantitative estimate of drug-likeness (QED) is 0.851. The molecule has 8 nitrogen and oxygen atoms in total. The van der Waals surface area contributed by atoms with E-state index in [1.807, 2.05) is 12.1 Å². The number of benzene rings is 1. The summed E-state index contributed by atoms with van der Waals surface area (Å²) in [5.74, 6) is 1.75. The molecule has 2 aromatic rings. The van der Waals surface area contributed by atoms with Crippen molar-refractivity contribution in [2.75, 3.05) is 19.8 Å². The van der Waals surface area contributed by atoms with Gasteiger partial charge in [-0.15, -0.1) is 0 Å². The molecule has 1 aromatic heterocycles. The molecule has 4 rings (SSSR count). The van der Waals surface area contributed by atoms with Crippen molar-refractivity contribution in [3.8, 4) is 11.5 Å². The lowest BCUT2D eigenvalue weighted by Crippen LogP contribution is -2.29. The maximum Gasteiger partial charge on any atom is 0.361 e. The molecule has 1 aromatic carbocycles. The summed E-state index contributed by atoms with van der Waals surface area (Å²) in [6, 6.07) is 8.84. The normalized spacial score (nSPS) is 19.3. The van der Waals surface area contributed by atoms with Gasteiger partial charge in [-0.05, 0) is 18.6 Å². The van der Waals surface area contributed by atoms with E-state index in [2.05, 4.69) is 10.5 Å². The summed E-state index contributed by atoms with van der Waals surface area (Å²) in [6.45, 7) is 1.24. The van der Waals surface area contributed by atoms with Crippen molar-refractivity contribution < 1.29 is 28.3 Å². The minimum Gasteiger partial charge on any atom is -0.428 e. The van der Waals surface area contributed by atoms with Crippen LogP contribution in [0.2, 0.25) is 0 Å². The summed E-state index contributed by atoms with van der Waals surface area (Å²) in [5.41, 5.74) is 0.217. The highest BCUT2D eigenvalue weighted by molar-refractivity contribution is 5.92. The summed E-state index contributed by atoms with van der Waals surface area (Å²) in [7, 11) is 0. The van der Waals surface area contributed by atoms with E-state index in [1.165, 1.54) is 0 Å². The Balaban J connectivity index is 1.25. The lowest BCUT2D eigenvalue weighted by atomic mass is 10.1. The van der Waals surface area contributed by atoms with Gasteiger partial charge >= 0.3 is 6.48 Å². The number of nitrogens with one attached hydrogen (secondary N) is 1. The second-order valence-corrected chi connectivity index (χ2v) is 5.90. The van der Waals surface area contributed by atoms with Crippen LogP contribution < -0.4 is 14.8 Å². The molecule has 1 N–H and O–H groups in total. The van der Waals surface area contributed by atoms with E-state index in [9.17, 15) is 4.79 Å². The Kier molecular flexibility index (Phi) is 4.53. The highest BCUT2D eigenvalue weighted by atomic mass is 16.9. The second kappa shape index (κ2) is 7.12. The molecular formula is C17H18N2O6. The minimum atomic E-state index is -0.845. The van der Waals surface area contributed by atoms with Gasteiger partial charge in [0.05, 0.1) is 6.61 Å². The Morgan fingerprint density at radius 1 is 1.28 bits per heavy atom. The molecule has 1 fully saturated rings. The monoisotopic (exact) mass is 346 g/mol. The lowest BCUT2D eigenvalue weighted by Gasteiger charge is -2.09. The van der Waals surface area contributed by atoms with Crippen LogP contribution in [0.25, 0.3) is 0 Å². The molecule has 1 saturated heterocycles. The third kappa shape index (κ3) is 3.75. The first-order valence-electron chi connectivity index (χ1n) is 8.13. The maximum absolute atomic E-state index is 12.1. The van der Waals surface area contributed by atoms with Crippen molar-refractivity contribution in [2.24, 2.45) is 5.92 Å². The standard InChI is InChI=1S/C17H18N2O6/c20-16(18-8-11-5-6-21-9-11)13-7-12(25-19-13)10-22-17-23-14-3-1-2-4-15(14)24-17/h1-4,7,11,17H,5-6,8-10H2,(H,18,20). The smallest absolute Gasteiger partial charge is 0.361 e. The minimum absolute atomic E-state index is 0.0788. The zero-order chi connectivity index (χ0) is 17.1. The Hall–Kier alpha value is -2.58. The molecule has 0 bridgehead atoms. The van der Waals surface area contributed by atoms with Crippen molar-refractivity contribution in [3.63, 3.8) is 0 Å². The first-order valence-corrected chi connectivity index (χ1v) is 8.13. The molecule has 1 amide bonds. The number of carbonyl (C=O) groups is 1. The molecule has 0 radical (unpaired) electrons. The zero-order valence-corrected chi connectivity index (χ0v) is 13.5. The topological polar surface area (TPSA) is 92.1 Å². The Labute approximate surface area is 144 Å². The van der Waals surface area contributed by atoms with Crippen LogP contribution in [0.3, 0.4) is 0 Å². The van der Waals surface area contributed by atoms with Crippen molar-refractivity contribution in [1.29, 1.82) is 0 Å². The molecule has 132 valence electrons. The molecule has 25 heavy (non-hydrogen) atoms. The van der Waals surface area contributed by atoms with Gasteiger partial charge < -0.3 is 28.8 Å². The molecule has 1 atom stereocenters. The van der Waals surface area contributed by atoms with Crippen LogP contribution in [-0.2, 0) is 16.1 Å². The number of fused-ring (bicyclic) bond motifs is 1. The van der Waals surface area contributed by atoms with Crippen LogP contribution in [0.1, 0.15) is 22.7 Å². The molecule has 8 heteroatoms. The summed E-state index contributed by atoms with van der Waals surface area (Å²) < 4.78 is 26.8. The van der Waals surface area contributed by atoms with E-state index >= 15 is 0 Å². The van der Waals surface area contributed by atoms with E-state index < -0.39 is 6.48 Å². The number of para-hydroxylation sites is 2. The fraction of sp³-hybridized carbons (Fsp3) is 0.412. The van der Waals surface area contributed by atoms with Gasteiger partial charge in [-0.25, -0.2) is 0 Å². The number of carbonyl (C=O) groups excluding carboxylic acids is 1. The van der Waals surface area contributed by atoms with Crippen LogP contribution in [-0.4, -0.2) is 37.3 Å². The number of aromatic nitrogens is 1. The van der Waals surface area contributed by atoms with Crippen LogP contribution in [0.15, 0.2) is 34.9 Å². The van der Waals surface area contributed by atoms with Gasteiger partial charge in [-0.2, -0.15) is 0 Å². The van der Waals surface area contributed by atoms with Crippen LogP contribution in [0.4, 0.5) is 0 Å². The predicted molar refractivity (Wildman–Crippen MR) is 84.0 cm³/mol. The zero-order valence-electron chi connectivity index (χ0n) is 13.5. The van der Waals surface area contributed by atoms with Gasteiger partial charge in [-0.1, -0.05) is 17.3 Å². The highest BCUT2D eigenvalue weighted by Gasteiger charge is 2.25. The summed E-state index contributed by atoms with van der Waals surface area (Å²) in [5, 5.41) is 6.60. The van der Waals surface area contributed by atoms with Gasteiger partial charge in [0.15, 0.2) is 23.0 Å². The van der Waals surface area contributed by atoms with Gasteiger partial charge in [0.1, 0.15) is 6.61 Å². The first-order chi connectivity index (χ1) is 12.3. The summed E-state index contributed by atoms with van der Waals surface area (Å²) in [6.07, 6.45) is 0.960. The van der Waals surface area contributed by atoms with Crippen LogP contribution in [0.5, 0.6) is 11.5 Å². The van der Waals surface area contributed by atoms with E-state index in [-0.39, 0.29) is 18.2 Å². The van der Waals surface area contributed by atoms with E-state index in [0.29, 0.717) is 36.3 Å². The predicted octanol–water partition coefficient (Wildman–Crippen LogP) is 1.71. The lowest BCUT2D eigenvalue weighted by molar-refractivity contribution is -0.187. The largest absolute Gasteiger partial charge is 0.428 e. The van der Waals surface area contributed by atoms with Gasteiger partial charge in [0.25, 0.3) is 5.91 Å². The number of rotatable bonds is 6. The molecule has 0 saturated carbocycles. The molecule has 0 spiro atoms. The number of hydrogen-bond donors (Lipinski definition) is 1. The average molecular weight is 346 g/mol. The third-order valence-electron chi connectivity index (χ3n) is 4.02. The fourth-order valence-electron chi connectivity index (χ4n) is 2.65. The molecule has 0 aliphatic carbocycles. The van der Waals surface area contributed by atoms with E-state index in [1.54, 1.807) is 18.2 Å². The molecule has 2 aliphatic heterocycles. The Morgan fingerprint density at radius 3 is 2.80 bits per heavy atom. The van der Waals surface area contributed by atoms with Crippen molar-refractivity contribution in [2.45, 2.75) is 19.5 Å². The average Bonchev–Trinajstić information content (AvgIpc) is 3.37. The number of nitrogens with zero attached hydrogens (tertiary/aromatic N) is 1. The van der Waals surface area contributed by atoms with E-state index in [4.69, 9.17) is 23.5 Å². The first kappa shape index (κ1) is 15.9.